The van der Waals surface area contributed by atoms with Gasteiger partial charge in [0.15, 0.2) is 0 Å². The van der Waals surface area contributed by atoms with Gasteiger partial charge in [0, 0.05) is 0 Å². The fraction of sp³-hybridized carbons (Fsp3) is 0. The maximum absolute atomic E-state index is 13.7. The van der Waals surface area contributed by atoms with Crippen LogP contribution in [-0.4, -0.2) is 19.5 Å². The quantitative estimate of drug-likeness (QED) is 0.877. The van der Waals surface area contributed by atoms with Crippen LogP contribution < -0.4 is 4.72 Å². The molecular formula is C14H8ClFN2O4S. The second kappa shape index (κ2) is 6.24. The van der Waals surface area contributed by atoms with E-state index in [0.29, 0.717) is 0 Å². The zero-order chi connectivity index (χ0) is 17.2. The predicted molar refractivity (Wildman–Crippen MR) is 80.3 cm³/mol. The van der Waals surface area contributed by atoms with Crippen molar-refractivity contribution < 1.29 is 22.7 Å². The Hall–Kier alpha value is -2.63. The molecule has 6 nitrogen and oxygen atoms in total. The van der Waals surface area contributed by atoms with E-state index in [1.165, 1.54) is 6.07 Å². The van der Waals surface area contributed by atoms with Gasteiger partial charge in [-0.15, -0.1) is 0 Å². The van der Waals surface area contributed by atoms with Crippen LogP contribution in [-0.2, 0) is 10.0 Å². The van der Waals surface area contributed by atoms with Gasteiger partial charge in [-0.1, -0.05) is 11.6 Å². The summed E-state index contributed by atoms with van der Waals surface area (Å²) >= 11 is 5.77. The normalized spacial score (nSPS) is 10.8. The number of aromatic carboxylic acids is 1. The van der Waals surface area contributed by atoms with Crippen molar-refractivity contribution in [3.63, 3.8) is 0 Å². The summed E-state index contributed by atoms with van der Waals surface area (Å²) in [7, 11) is -4.20. The average Bonchev–Trinajstić information content (AvgIpc) is 2.49. The summed E-state index contributed by atoms with van der Waals surface area (Å²) in [5.74, 6) is -2.26. The molecule has 0 radical (unpaired) electrons. The van der Waals surface area contributed by atoms with Gasteiger partial charge in [-0.05, 0) is 36.4 Å². The van der Waals surface area contributed by atoms with Gasteiger partial charge >= 0.3 is 5.97 Å². The summed E-state index contributed by atoms with van der Waals surface area (Å²) in [4.78, 5) is 10.6. The summed E-state index contributed by atoms with van der Waals surface area (Å²) in [6, 6.07) is 7.87. The molecule has 0 fully saturated rings. The number of carbonyl (C=O) groups is 1. The second-order valence-corrected chi connectivity index (χ2v) is 6.45. The highest BCUT2D eigenvalue weighted by atomic mass is 35.5. The van der Waals surface area contributed by atoms with Crippen molar-refractivity contribution in [2.75, 3.05) is 4.72 Å². The van der Waals surface area contributed by atoms with Gasteiger partial charge in [-0.2, -0.15) is 5.26 Å². The number of rotatable bonds is 4. The lowest BCUT2D eigenvalue weighted by molar-refractivity contribution is 0.0697. The van der Waals surface area contributed by atoms with E-state index in [2.05, 4.69) is 0 Å². The van der Waals surface area contributed by atoms with E-state index in [1.807, 2.05) is 4.72 Å². The maximum Gasteiger partial charge on any atom is 0.335 e. The first kappa shape index (κ1) is 16.7. The van der Waals surface area contributed by atoms with Gasteiger partial charge in [-0.25, -0.2) is 17.6 Å². The number of nitriles is 1. The third-order valence-electron chi connectivity index (χ3n) is 2.83. The molecule has 0 spiro atoms. The topological polar surface area (TPSA) is 107 Å². The van der Waals surface area contributed by atoms with Gasteiger partial charge in [0.25, 0.3) is 10.0 Å². The predicted octanol–water partition coefficient (Wildman–Crippen LogP) is 2.85. The molecule has 0 bridgehead atoms. The first-order valence-corrected chi connectivity index (χ1v) is 7.86. The Morgan fingerprint density at radius 3 is 2.52 bits per heavy atom. The van der Waals surface area contributed by atoms with E-state index in [1.54, 1.807) is 6.07 Å². The average molecular weight is 355 g/mol. The highest BCUT2D eigenvalue weighted by molar-refractivity contribution is 7.92. The molecule has 0 aliphatic heterocycles. The Labute approximate surface area is 135 Å². The van der Waals surface area contributed by atoms with E-state index in [-0.39, 0.29) is 21.0 Å². The first-order valence-electron chi connectivity index (χ1n) is 6.00. The van der Waals surface area contributed by atoms with E-state index in [0.717, 1.165) is 30.3 Å². The zero-order valence-electron chi connectivity index (χ0n) is 11.2. The minimum atomic E-state index is -4.20. The van der Waals surface area contributed by atoms with Crippen LogP contribution in [0.1, 0.15) is 15.9 Å². The van der Waals surface area contributed by atoms with Crippen LogP contribution in [0.3, 0.4) is 0 Å². The van der Waals surface area contributed by atoms with Crippen LogP contribution in [0, 0.1) is 17.1 Å². The molecule has 0 aliphatic rings. The number of nitrogens with zero attached hydrogens (tertiary/aromatic N) is 1. The van der Waals surface area contributed by atoms with Gasteiger partial charge in [0.1, 0.15) is 11.9 Å². The SMILES string of the molecule is N#Cc1ccc(S(=O)(=O)Nc2cc(C(=O)O)ccc2F)cc1Cl. The Morgan fingerprint density at radius 2 is 1.96 bits per heavy atom. The molecule has 2 aromatic carbocycles. The van der Waals surface area contributed by atoms with Crippen molar-refractivity contribution in [2.45, 2.75) is 4.90 Å². The lowest BCUT2D eigenvalue weighted by atomic mass is 10.2. The number of carboxylic acids is 1. The summed E-state index contributed by atoms with van der Waals surface area (Å²) in [6.07, 6.45) is 0. The highest BCUT2D eigenvalue weighted by Crippen LogP contribution is 2.24. The Bertz CT molecular complexity index is 938. The molecule has 2 N–H and O–H groups in total. The van der Waals surface area contributed by atoms with Crippen molar-refractivity contribution >= 4 is 33.3 Å². The molecule has 0 aliphatic carbocycles. The molecule has 118 valence electrons. The number of hydrogen-bond donors (Lipinski definition) is 2. The third-order valence-corrected chi connectivity index (χ3v) is 4.50. The van der Waals surface area contributed by atoms with E-state index in [9.17, 15) is 17.6 Å². The molecule has 0 unspecified atom stereocenters. The number of carboxylic acid groups (broad SMARTS) is 1. The number of anilines is 1. The Balaban J connectivity index is 2.43. The molecule has 0 atom stereocenters. The van der Waals surface area contributed by atoms with Gasteiger partial charge in [0.2, 0.25) is 0 Å². The lowest BCUT2D eigenvalue weighted by Crippen LogP contribution is -2.14. The van der Waals surface area contributed by atoms with Crippen molar-refractivity contribution in [1.82, 2.24) is 0 Å². The highest BCUT2D eigenvalue weighted by Gasteiger charge is 2.19. The summed E-state index contributed by atoms with van der Waals surface area (Å²) in [5.41, 5.74) is -0.697. The van der Waals surface area contributed by atoms with Gasteiger partial charge < -0.3 is 5.11 Å². The molecule has 0 saturated carbocycles. The van der Waals surface area contributed by atoms with Gasteiger partial charge in [-0.3, -0.25) is 4.72 Å². The fourth-order valence-electron chi connectivity index (χ4n) is 1.69. The molecule has 0 saturated heterocycles. The lowest BCUT2D eigenvalue weighted by Gasteiger charge is -2.10. The first-order chi connectivity index (χ1) is 10.7. The minimum absolute atomic E-state index is 0.0740. The van der Waals surface area contributed by atoms with Crippen molar-refractivity contribution in [3.05, 3.63) is 58.4 Å². The Morgan fingerprint density at radius 1 is 1.26 bits per heavy atom. The minimum Gasteiger partial charge on any atom is -0.478 e. The largest absolute Gasteiger partial charge is 0.478 e. The molecule has 9 heteroatoms. The molecular weight excluding hydrogens is 347 g/mol. The smallest absolute Gasteiger partial charge is 0.335 e. The number of benzene rings is 2. The number of sulfonamides is 1. The van der Waals surface area contributed by atoms with Crippen LogP contribution in [0.25, 0.3) is 0 Å². The Kier molecular flexibility index (Phi) is 4.54. The second-order valence-electron chi connectivity index (χ2n) is 4.36. The van der Waals surface area contributed by atoms with Crippen LogP contribution in [0.15, 0.2) is 41.3 Å². The number of nitrogens with one attached hydrogen (secondary N) is 1. The maximum atomic E-state index is 13.7. The summed E-state index contributed by atoms with van der Waals surface area (Å²) in [5, 5.41) is 17.5. The molecule has 0 amide bonds. The van der Waals surface area contributed by atoms with Crippen molar-refractivity contribution in [1.29, 1.82) is 5.26 Å². The molecule has 2 rings (SSSR count). The molecule has 0 heterocycles. The van der Waals surface area contributed by atoms with Crippen molar-refractivity contribution in [3.8, 4) is 6.07 Å². The van der Waals surface area contributed by atoms with Crippen LogP contribution in [0.4, 0.5) is 10.1 Å². The fourth-order valence-corrected chi connectivity index (χ4v) is 3.07. The summed E-state index contributed by atoms with van der Waals surface area (Å²) in [6.45, 7) is 0. The molecule has 0 aromatic heterocycles. The number of hydrogen-bond acceptors (Lipinski definition) is 4. The molecule has 23 heavy (non-hydrogen) atoms. The zero-order valence-corrected chi connectivity index (χ0v) is 12.8. The van der Waals surface area contributed by atoms with Crippen molar-refractivity contribution in [2.24, 2.45) is 0 Å². The van der Waals surface area contributed by atoms with Gasteiger partial charge in [0.05, 0.1) is 26.7 Å². The monoisotopic (exact) mass is 354 g/mol. The molecule has 2 aromatic rings. The van der Waals surface area contributed by atoms with E-state index in [4.69, 9.17) is 22.0 Å². The number of halogens is 2. The summed E-state index contributed by atoms with van der Waals surface area (Å²) < 4.78 is 40.1. The van der Waals surface area contributed by atoms with E-state index < -0.39 is 27.5 Å². The van der Waals surface area contributed by atoms with Crippen LogP contribution in [0.2, 0.25) is 5.02 Å². The standard InChI is InChI=1S/C14H8ClFN2O4S/c15-11-6-10(3-1-9(11)7-17)23(21,22)18-13-5-8(14(19)20)2-4-12(13)16/h1-6,18H,(H,19,20). The van der Waals surface area contributed by atoms with Crippen LogP contribution >= 0.6 is 11.6 Å². The van der Waals surface area contributed by atoms with E-state index >= 15 is 0 Å². The van der Waals surface area contributed by atoms with Crippen LogP contribution in [0.5, 0.6) is 0 Å². The third kappa shape index (κ3) is 3.59.